The third-order valence-electron chi connectivity index (χ3n) is 2.57. The minimum Gasteiger partial charge on any atom is -0.494 e. The highest BCUT2D eigenvalue weighted by atomic mass is 16.5. The second-order valence-corrected chi connectivity index (χ2v) is 3.87. The number of nitrogen functional groups attached to an aromatic ring is 1. The number of hydrogen-bond acceptors (Lipinski definition) is 4. The van der Waals surface area contributed by atoms with Crippen molar-refractivity contribution in [2.75, 3.05) is 12.3 Å². The molecule has 1 aromatic carbocycles. The van der Waals surface area contributed by atoms with Crippen LogP contribution in [0.5, 0.6) is 5.75 Å². The number of benzene rings is 1. The predicted octanol–water partition coefficient (Wildman–Crippen LogP) is 3.19. The molecule has 2 N–H and O–H groups in total. The molecular formula is C14H14N2O2. The number of nitrogens with zero attached hydrogens (tertiary/aromatic N) is 1. The summed E-state index contributed by atoms with van der Waals surface area (Å²) < 4.78 is 10.6. The van der Waals surface area contributed by atoms with Gasteiger partial charge in [0.15, 0.2) is 0 Å². The standard InChI is InChI=1S/C14H14N2O2/c1-2-7-17-11-5-3-10(4-6-11)13-9-18-14(16)12(13)8-15/h3-6,9H,2,7,16H2,1H3. The molecule has 1 aromatic heterocycles. The summed E-state index contributed by atoms with van der Waals surface area (Å²) in [7, 11) is 0. The van der Waals surface area contributed by atoms with E-state index < -0.39 is 0 Å². The lowest BCUT2D eigenvalue weighted by Crippen LogP contribution is -1.94. The van der Waals surface area contributed by atoms with Crippen molar-refractivity contribution < 1.29 is 9.15 Å². The maximum Gasteiger partial charge on any atom is 0.208 e. The van der Waals surface area contributed by atoms with Crippen LogP contribution in [-0.2, 0) is 0 Å². The number of ether oxygens (including phenoxy) is 1. The van der Waals surface area contributed by atoms with E-state index in [2.05, 4.69) is 6.92 Å². The minimum atomic E-state index is 0.152. The number of rotatable bonds is 4. The third kappa shape index (κ3) is 2.30. The molecule has 1 heterocycles. The number of anilines is 1. The van der Waals surface area contributed by atoms with Crippen LogP contribution < -0.4 is 10.5 Å². The molecule has 0 spiro atoms. The van der Waals surface area contributed by atoms with Crippen LogP contribution in [0.1, 0.15) is 18.9 Å². The Kier molecular flexibility index (Phi) is 3.54. The van der Waals surface area contributed by atoms with Crippen LogP contribution in [0.15, 0.2) is 34.9 Å². The zero-order valence-electron chi connectivity index (χ0n) is 10.1. The third-order valence-corrected chi connectivity index (χ3v) is 2.57. The largest absolute Gasteiger partial charge is 0.494 e. The fourth-order valence-corrected chi connectivity index (χ4v) is 1.65. The van der Waals surface area contributed by atoms with Crippen molar-refractivity contribution in [3.05, 3.63) is 36.1 Å². The summed E-state index contributed by atoms with van der Waals surface area (Å²) >= 11 is 0. The van der Waals surface area contributed by atoms with E-state index in [-0.39, 0.29) is 5.88 Å². The van der Waals surface area contributed by atoms with E-state index in [1.54, 1.807) is 0 Å². The molecular weight excluding hydrogens is 228 g/mol. The average molecular weight is 242 g/mol. The van der Waals surface area contributed by atoms with Gasteiger partial charge in [-0.2, -0.15) is 5.26 Å². The van der Waals surface area contributed by atoms with E-state index in [0.717, 1.165) is 17.7 Å². The number of nitrogens with two attached hydrogens (primary N) is 1. The normalized spacial score (nSPS) is 10.0. The summed E-state index contributed by atoms with van der Waals surface area (Å²) in [6.07, 6.45) is 2.47. The van der Waals surface area contributed by atoms with Gasteiger partial charge >= 0.3 is 0 Å². The Balaban J connectivity index is 2.26. The average Bonchev–Trinajstić information content (AvgIpc) is 2.78. The van der Waals surface area contributed by atoms with Gasteiger partial charge in [0.1, 0.15) is 23.6 Å². The summed E-state index contributed by atoms with van der Waals surface area (Å²) in [6.45, 7) is 2.75. The van der Waals surface area contributed by atoms with Crippen LogP contribution in [0.3, 0.4) is 0 Å². The molecule has 0 saturated carbocycles. The number of hydrogen-bond donors (Lipinski definition) is 1. The van der Waals surface area contributed by atoms with Crippen LogP contribution in [0.25, 0.3) is 11.1 Å². The minimum absolute atomic E-state index is 0.152. The fourth-order valence-electron chi connectivity index (χ4n) is 1.65. The van der Waals surface area contributed by atoms with Gasteiger partial charge in [-0.05, 0) is 24.1 Å². The molecule has 0 fully saturated rings. The Morgan fingerprint density at radius 3 is 2.67 bits per heavy atom. The summed E-state index contributed by atoms with van der Waals surface area (Å²) in [4.78, 5) is 0. The molecule has 0 atom stereocenters. The molecule has 2 aromatic rings. The summed E-state index contributed by atoms with van der Waals surface area (Å²) in [5.74, 6) is 0.967. The molecule has 0 bridgehead atoms. The van der Waals surface area contributed by atoms with Crippen molar-refractivity contribution >= 4 is 5.88 Å². The highest BCUT2D eigenvalue weighted by Gasteiger charge is 2.12. The van der Waals surface area contributed by atoms with E-state index in [0.29, 0.717) is 17.7 Å². The molecule has 0 unspecified atom stereocenters. The maximum absolute atomic E-state index is 9.01. The summed E-state index contributed by atoms with van der Waals surface area (Å²) in [5, 5.41) is 9.01. The van der Waals surface area contributed by atoms with E-state index in [1.165, 1.54) is 6.26 Å². The zero-order chi connectivity index (χ0) is 13.0. The van der Waals surface area contributed by atoms with Gasteiger partial charge < -0.3 is 14.9 Å². The van der Waals surface area contributed by atoms with Crippen molar-refractivity contribution in [3.63, 3.8) is 0 Å². The summed E-state index contributed by atoms with van der Waals surface area (Å²) in [5.41, 5.74) is 7.53. The monoisotopic (exact) mass is 242 g/mol. The molecule has 0 aliphatic heterocycles. The first kappa shape index (κ1) is 12.1. The van der Waals surface area contributed by atoms with Crippen LogP contribution in [0.4, 0.5) is 5.88 Å². The lowest BCUT2D eigenvalue weighted by molar-refractivity contribution is 0.317. The van der Waals surface area contributed by atoms with E-state index in [9.17, 15) is 0 Å². The van der Waals surface area contributed by atoms with Crippen molar-refractivity contribution in [3.8, 4) is 22.9 Å². The van der Waals surface area contributed by atoms with Gasteiger partial charge in [0.2, 0.25) is 5.88 Å². The first-order valence-electron chi connectivity index (χ1n) is 5.76. The van der Waals surface area contributed by atoms with E-state index in [4.69, 9.17) is 20.1 Å². The summed E-state index contributed by atoms with van der Waals surface area (Å²) in [6, 6.07) is 9.55. The molecule has 0 saturated heterocycles. The Morgan fingerprint density at radius 2 is 2.06 bits per heavy atom. The topological polar surface area (TPSA) is 72.2 Å². The second kappa shape index (κ2) is 5.28. The molecule has 18 heavy (non-hydrogen) atoms. The molecule has 0 aliphatic rings. The van der Waals surface area contributed by atoms with Crippen molar-refractivity contribution in [2.45, 2.75) is 13.3 Å². The molecule has 0 aliphatic carbocycles. The van der Waals surface area contributed by atoms with Crippen molar-refractivity contribution in [1.82, 2.24) is 0 Å². The Bertz CT molecular complexity index is 564. The van der Waals surface area contributed by atoms with Gasteiger partial charge in [0.05, 0.1) is 6.61 Å². The van der Waals surface area contributed by atoms with Gasteiger partial charge in [-0.25, -0.2) is 0 Å². The molecule has 0 amide bonds. The van der Waals surface area contributed by atoms with E-state index >= 15 is 0 Å². The van der Waals surface area contributed by atoms with Gasteiger partial charge in [-0.3, -0.25) is 0 Å². The Hall–Kier alpha value is -2.41. The highest BCUT2D eigenvalue weighted by molar-refractivity contribution is 5.74. The first-order valence-corrected chi connectivity index (χ1v) is 5.76. The zero-order valence-corrected chi connectivity index (χ0v) is 10.1. The first-order chi connectivity index (χ1) is 8.76. The van der Waals surface area contributed by atoms with Crippen LogP contribution in [0, 0.1) is 11.3 Å². The van der Waals surface area contributed by atoms with Crippen molar-refractivity contribution in [1.29, 1.82) is 5.26 Å². The fraction of sp³-hybridized carbons (Fsp3) is 0.214. The van der Waals surface area contributed by atoms with Crippen LogP contribution in [0.2, 0.25) is 0 Å². The van der Waals surface area contributed by atoms with Crippen LogP contribution in [-0.4, -0.2) is 6.61 Å². The van der Waals surface area contributed by atoms with Crippen LogP contribution >= 0.6 is 0 Å². The predicted molar refractivity (Wildman–Crippen MR) is 69.1 cm³/mol. The Labute approximate surface area is 106 Å². The quantitative estimate of drug-likeness (QED) is 0.893. The van der Waals surface area contributed by atoms with E-state index in [1.807, 2.05) is 30.3 Å². The Morgan fingerprint density at radius 1 is 1.33 bits per heavy atom. The van der Waals surface area contributed by atoms with Gasteiger partial charge in [0, 0.05) is 5.56 Å². The number of nitriles is 1. The highest BCUT2D eigenvalue weighted by Crippen LogP contribution is 2.30. The second-order valence-electron chi connectivity index (χ2n) is 3.87. The SMILES string of the molecule is CCCOc1ccc(-c2coc(N)c2C#N)cc1. The maximum atomic E-state index is 9.01. The van der Waals surface area contributed by atoms with Gasteiger partial charge in [-0.1, -0.05) is 19.1 Å². The lowest BCUT2D eigenvalue weighted by atomic mass is 10.0. The molecule has 4 nitrogen and oxygen atoms in total. The molecule has 0 radical (unpaired) electrons. The molecule has 4 heteroatoms. The smallest absolute Gasteiger partial charge is 0.208 e. The van der Waals surface area contributed by atoms with Gasteiger partial charge in [0.25, 0.3) is 0 Å². The van der Waals surface area contributed by atoms with Crippen molar-refractivity contribution in [2.24, 2.45) is 0 Å². The molecule has 2 rings (SSSR count). The lowest BCUT2D eigenvalue weighted by Gasteiger charge is -2.05. The van der Waals surface area contributed by atoms with Gasteiger partial charge in [-0.15, -0.1) is 0 Å². The number of furan rings is 1. The molecule has 92 valence electrons.